The van der Waals surface area contributed by atoms with E-state index in [0.29, 0.717) is 29.6 Å². The van der Waals surface area contributed by atoms with Crippen LogP contribution in [0, 0.1) is 0 Å². The lowest BCUT2D eigenvalue weighted by Crippen LogP contribution is -2.17. The second-order valence-corrected chi connectivity index (χ2v) is 7.74. The first-order valence-electron chi connectivity index (χ1n) is 9.18. The maximum atomic E-state index is 12.6. The molecule has 0 radical (unpaired) electrons. The molecule has 1 aromatic heterocycles. The van der Waals surface area contributed by atoms with Crippen LogP contribution in [0.2, 0.25) is 0 Å². The van der Waals surface area contributed by atoms with E-state index in [4.69, 9.17) is 0 Å². The number of benzene rings is 2. The van der Waals surface area contributed by atoms with Gasteiger partial charge in [0.2, 0.25) is 5.95 Å². The number of nitrogens with zero attached hydrogens (tertiary/aromatic N) is 2. The molecule has 0 aliphatic rings. The van der Waals surface area contributed by atoms with Gasteiger partial charge in [0.05, 0.1) is 5.69 Å². The lowest BCUT2D eigenvalue weighted by atomic mass is 10.1. The lowest BCUT2D eigenvalue weighted by molar-refractivity contribution is -0.274. The number of hydrogen-bond donors (Lipinski definition) is 2. The molecule has 0 amide bonds. The SMILES string of the molecule is CC(C)Nc1nc(NCc2cccc(Br)c2)cc(-c2cccc(OC(F)(F)F)c2)n1. The minimum atomic E-state index is -4.76. The van der Waals surface area contributed by atoms with Crippen molar-refractivity contribution in [2.45, 2.75) is 32.8 Å². The van der Waals surface area contributed by atoms with Gasteiger partial charge in [-0.3, -0.25) is 0 Å². The minimum Gasteiger partial charge on any atom is -0.406 e. The van der Waals surface area contributed by atoms with Gasteiger partial charge in [0, 0.05) is 28.7 Å². The molecule has 2 aromatic carbocycles. The number of ether oxygens (including phenoxy) is 1. The molecule has 0 aliphatic heterocycles. The molecular formula is C21H20BrF3N4O. The Morgan fingerprint density at radius 2 is 1.80 bits per heavy atom. The quantitative estimate of drug-likeness (QED) is 0.419. The van der Waals surface area contributed by atoms with Crippen molar-refractivity contribution < 1.29 is 17.9 Å². The number of alkyl halides is 3. The van der Waals surface area contributed by atoms with Crippen LogP contribution in [-0.2, 0) is 6.54 Å². The third-order valence-corrected chi connectivity index (χ3v) is 4.36. The summed E-state index contributed by atoms with van der Waals surface area (Å²) in [6.45, 7) is 4.42. The summed E-state index contributed by atoms with van der Waals surface area (Å²) >= 11 is 3.44. The van der Waals surface area contributed by atoms with Crippen LogP contribution in [-0.4, -0.2) is 22.4 Å². The Labute approximate surface area is 180 Å². The summed E-state index contributed by atoms with van der Waals surface area (Å²) in [6.07, 6.45) is -4.76. The van der Waals surface area contributed by atoms with Crippen molar-refractivity contribution in [3.63, 3.8) is 0 Å². The van der Waals surface area contributed by atoms with E-state index in [-0.39, 0.29) is 11.8 Å². The van der Waals surface area contributed by atoms with Crippen LogP contribution in [0.4, 0.5) is 24.9 Å². The third-order valence-electron chi connectivity index (χ3n) is 3.87. The van der Waals surface area contributed by atoms with Crippen LogP contribution in [0.1, 0.15) is 19.4 Å². The Morgan fingerprint density at radius 1 is 1.03 bits per heavy atom. The van der Waals surface area contributed by atoms with Crippen LogP contribution >= 0.6 is 15.9 Å². The Kier molecular flexibility index (Phi) is 6.81. The summed E-state index contributed by atoms with van der Waals surface area (Å²) in [7, 11) is 0. The monoisotopic (exact) mass is 480 g/mol. The standard InChI is InChI=1S/C21H20BrF3N4O/c1-13(2)27-20-28-18(15-6-4-8-17(10-15)30-21(23,24)25)11-19(29-20)26-12-14-5-3-7-16(22)9-14/h3-11,13H,12H2,1-2H3,(H2,26,27,28,29). The largest absolute Gasteiger partial charge is 0.573 e. The van der Waals surface area contributed by atoms with Gasteiger partial charge in [-0.25, -0.2) is 4.98 Å². The summed E-state index contributed by atoms with van der Waals surface area (Å²) in [5.41, 5.74) is 2.00. The summed E-state index contributed by atoms with van der Waals surface area (Å²) < 4.78 is 42.7. The van der Waals surface area contributed by atoms with Crippen molar-refractivity contribution >= 4 is 27.7 Å². The van der Waals surface area contributed by atoms with Crippen molar-refractivity contribution in [2.24, 2.45) is 0 Å². The molecule has 0 atom stereocenters. The van der Waals surface area contributed by atoms with Crippen LogP contribution in [0.25, 0.3) is 11.3 Å². The molecule has 0 spiro atoms. The highest BCUT2D eigenvalue weighted by Gasteiger charge is 2.31. The zero-order chi connectivity index (χ0) is 21.7. The normalized spacial score (nSPS) is 11.4. The van der Waals surface area contributed by atoms with Gasteiger partial charge in [0.25, 0.3) is 0 Å². The predicted molar refractivity (Wildman–Crippen MR) is 114 cm³/mol. The van der Waals surface area contributed by atoms with E-state index in [0.717, 1.165) is 10.0 Å². The number of halogens is 4. The zero-order valence-electron chi connectivity index (χ0n) is 16.3. The Balaban J connectivity index is 1.90. The highest BCUT2D eigenvalue weighted by Crippen LogP contribution is 2.29. The van der Waals surface area contributed by atoms with Crippen molar-refractivity contribution in [3.05, 3.63) is 64.6 Å². The number of anilines is 2. The van der Waals surface area contributed by atoms with Gasteiger partial charge < -0.3 is 15.4 Å². The Hall–Kier alpha value is -2.81. The van der Waals surface area contributed by atoms with E-state index in [1.165, 1.54) is 18.2 Å². The van der Waals surface area contributed by atoms with Crippen LogP contribution in [0.3, 0.4) is 0 Å². The van der Waals surface area contributed by atoms with Crippen LogP contribution in [0.5, 0.6) is 5.75 Å². The maximum Gasteiger partial charge on any atom is 0.573 e. The first kappa shape index (κ1) is 21.9. The van der Waals surface area contributed by atoms with E-state index in [2.05, 4.69) is 41.3 Å². The molecule has 30 heavy (non-hydrogen) atoms. The van der Waals surface area contributed by atoms with Gasteiger partial charge >= 0.3 is 6.36 Å². The molecule has 0 saturated carbocycles. The molecule has 0 aliphatic carbocycles. The van der Waals surface area contributed by atoms with Crippen LogP contribution in [0.15, 0.2) is 59.1 Å². The summed E-state index contributed by atoms with van der Waals surface area (Å²) in [5.74, 6) is 0.618. The fourth-order valence-corrected chi connectivity index (χ4v) is 3.15. The van der Waals surface area contributed by atoms with Gasteiger partial charge in [-0.15, -0.1) is 13.2 Å². The topological polar surface area (TPSA) is 59.1 Å². The number of hydrogen-bond acceptors (Lipinski definition) is 5. The molecule has 3 aromatic rings. The Morgan fingerprint density at radius 3 is 2.50 bits per heavy atom. The second-order valence-electron chi connectivity index (χ2n) is 6.82. The van der Waals surface area contributed by atoms with Gasteiger partial charge in [-0.05, 0) is 43.7 Å². The molecule has 0 fully saturated rings. The molecular weight excluding hydrogens is 461 g/mol. The molecule has 0 saturated heterocycles. The fraction of sp³-hybridized carbons (Fsp3) is 0.238. The van der Waals surface area contributed by atoms with E-state index in [9.17, 15) is 13.2 Å². The first-order valence-corrected chi connectivity index (χ1v) is 9.97. The second kappa shape index (κ2) is 9.34. The molecule has 1 heterocycles. The zero-order valence-corrected chi connectivity index (χ0v) is 17.9. The van der Waals surface area contributed by atoms with Gasteiger partial charge in [-0.2, -0.15) is 4.98 Å². The van der Waals surface area contributed by atoms with Crippen molar-refractivity contribution in [1.29, 1.82) is 0 Å². The highest BCUT2D eigenvalue weighted by molar-refractivity contribution is 9.10. The minimum absolute atomic E-state index is 0.0816. The smallest absolute Gasteiger partial charge is 0.406 e. The van der Waals surface area contributed by atoms with E-state index >= 15 is 0 Å². The fourth-order valence-electron chi connectivity index (χ4n) is 2.70. The first-order chi connectivity index (χ1) is 14.2. The molecule has 2 N–H and O–H groups in total. The highest BCUT2D eigenvalue weighted by atomic mass is 79.9. The average molecular weight is 481 g/mol. The molecule has 9 heteroatoms. The van der Waals surface area contributed by atoms with E-state index < -0.39 is 6.36 Å². The van der Waals surface area contributed by atoms with Gasteiger partial charge in [0.1, 0.15) is 11.6 Å². The molecule has 5 nitrogen and oxygen atoms in total. The molecule has 0 bridgehead atoms. The third kappa shape index (κ3) is 6.62. The van der Waals surface area contributed by atoms with Crippen molar-refractivity contribution in [2.75, 3.05) is 10.6 Å². The van der Waals surface area contributed by atoms with Crippen LogP contribution < -0.4 is 15.4 Å². The Bertz CT molecular complexity index is 1010. The van der Waals surface area contributed by atoms with Crippen molar-refractivity contribution in [3.8, 4) is 17.0 Å². The van der Waals surface area contributed by atoms with Crippen molar-refractivity contribution in [1.82, 2.24) is 9.97 Å². The molecule has 158 valence electrons. The number of aromatic nitrogens is 2. The summed E-state index contributed by atoms with van der Waals surface area (Å²) in [6, 6.07) is 15.3. The maximum absolute atomic E-state index is 12.6. The molecule has 0 unspecified atom stereocenters. The summed E-state index contributed by atoms with van der Waals surface area (Å²) in [4.78, 5) is 8.91. The van der Waals surface area contributed by atoms with E-state index in [1.807, 2.05) is 38.1 Å². The summed E-state index contributed by atoms with van der Waals surface area (Å²) in [5, 5.41) is 6.38. The number of rotatable bonds is 7. The lowest BCUT2D eigenvalue weighted by Gasteiger charge is -2.14. The van der Waals surface area contributed by atoms with Gasteiger partial charge in [0.15, 0.2) is 0 Å². The molecule has 3 rings (SSSR count). The van der Waals surface area contributed by atoms with Gasteiger partial charge in [-0.1, -0.05) is 40.2 Å². The predicted octanol–water partition coefficient (Wildman–Crippen LogP) is 6.24. The number of nitrogens with one attached hydrogen (secondary N) is 2. The average Bonchev–Trinajstić information content (AvgIpc) is 2.65. The van der Waals surface area contributed by atoms with E-state index in [1.54, 1.807) is 12.1 Å².